The summed E-state index contributed by atoms with van der Waals surface area (Å²) in [6, 6.07) is 7.85. The molecule has 74 valence electrons. The number of carbonyl (C=O) groups excluding carboxylic acids is 1. The van der Waals surface area contributed by atoms with Crippen molar-refractivity contribution in [3.63, 3.8) is 0 Å². The van der Waals surface area contributed by atoms with Gasteiger partial charge in [-0.15, -0.1) is 0 Å². The summed E-state index contributed by atoms with van der Waals surface area (Å²) >= 11 is 0. The number of ketones is 1. The van der Waals surface area contributed by atoms with E-state index in [1.165, 1.54) is 5.56 Å². The molecule has 0 saturated heterocycles. The van der Waals surface area contributed by atoms with Gasteiger partial charge in [0.2, 0.25) is 0 Å². The summed E-state index contributed by atoms with van der Waals surface area (Å²) in [5.74, 6) is 0.218. The van der Waals surface area contributed by atoms with Crippen LogP contribution in [-0.2, 0) is 6.42 Å². The molecule has 1 nitrogen and oxygen atoms in total. The van der Waals surface area contributed by atoms with E-state index in [1.54, 1.807) is 0 Å². The van der Waals surface area contributed by atoms with E-state index < -0.39 is 0 Å². The summed E-state index contributed by atoms with van der Waals surface area (Å²) in [7, 11) is 0. The molecule has 0 saturated carbocycles. The van der Waals surface area contributed by atoms with Gasteiger partial charge in [-0.1, -0.05) is 29.8 Å². The maximum atomic E-state index is 11.8. The van der Waals surface area contributed by atoms with Gasteiger partial charge in [-0.05, 0) is 19.4 Å². The Morgan fingerprint density at radius 3 is 2.43 bits per heavy atom. The van der Waals surface area contributed by atoms with E-state index in [9.17, 15) is 4.79 Å². The van der Waals surface area contributed by atoms with Crippen LogP contribution in [0.15, 0.2) is 35.4 Å². The first-order valence-corrected chi connectivity index (χ1v) is 4.49. The Bertz CT molecular complexity index is 401. The summed E-state index contributed by atoms with van der Waals surface area (Å²) in [4.78, 5) is 11.8. The molecule has 0 heterocycles. The first kappa shape index (κ1) is 11.0. The van der Waals surface area contributed by atoms with Crippen molar-refractivity contribution in [2.45, 2.75) is 20.3 Å². The molecule has 2 rings (SSSR count). The second-order valence-corrected chi connectivity index (χ2v) is 3.64. The molecule has 1 aliphatic carbocycles. The monoisotopic (exact) mass is 207 g/mol. The van der Waals surface area contributed by atoms with Crippen molar-refractivity contribution in [2.24, 2.45) is 0 Å². The van der Waals surface area contributed by atoms with Crippen LogP contribution in [0.3, 0.4) is 0 Å². The molecule has 0 unspecified atom stereocenters. The Morgan fingerprint density at radius 1 is 1.21 bits per heavy atom. The molecule has 0 atom stereocenters. The molecule has 2 heteroatoms. The highest BCUT2D eigenvalue weighted by molar-refractivity contribution is 6.13. The maximum absolute atomic E-state index is 11.8. The lowest BCUT2D eigenvalue weighted by atomic mass is 10.1. The number of hydrogen-bond acceptors (Lipinski definition) is 1. The molecular weight excluding hydrogens is 196 g/mol. The maximum Gasteiger partial charge on any atom is 0.189 e. The van der Waals surface area contributed by atoms with Gasteiger partial charge >= 0.3 is 0 Å². The molecule has 0 radical (unpaired) electrons. The predicted molar refractivity (Wildman–Crippen MR) is 52.9 cm³/mol. The molecule has 0 N–H and O–H groups in total. The number of rotatable bonds is 0. The molecular formula is C12H12ClO-. The van der Waals surface area contributed by atoms with Crippen LogP contribution in [0.25, 0.3) is 0 Å². The lowest BCUT2D eigenvalue weighted by molar-refractivity contribution is -0.0000101. The number of halogens is 1. The zero-order chi connectivity index (χ0) is 9.42. The Balaban J connectivity index is 0.000000980. The van der Waals surface area contributed by atoms with Crippen LogP contribution < -0.4 is 12.4 Å². The van der Waals surface area contributed by atoms with E-state index in [2.05, 4.69) is 0 Å². The highest BCUT2D eigenvalue weighted by atomic mass is 35.5. The Morgan fingerprint density at radius 2 is 1.86 bits per heavy atom. The van der Waals surface area contributed by atoms with Crippen LogP contribution in [0.5, 0.6) is 0 Å². The Labute approximate surface area is 90.2 Å². The molecule has 0 amide bonds. The number of fused-ring (bicyclic) bond motifs is 1. The van der Waals surface area contributed by atoms with Gasteiger partial charge in [0.15, 0.2) is 5.78 Å². The van der Waals surface area contributed by atoms with Crippen molar-refractivity contribution < 1.29 is 17.2 Å². The van der Waals surface area contributed by atoms with Gasteiger partial charge < -0.3 is 12.4 Å². The summed E-state index contributed by atoms with van der Waals surface area (Å²) < 4.78 is 0. The van der Waals surface area contributed by atoms with Gasteiger partial charge in [0.1, 0.15) is 0 Å². The van der Waals surface area contributed by atoms with E-state index >= 15 is 0 Å². The average Bonchev–Trinajstić information content (AvgIpc) is 2.45. The number of benzene rings is 1. The van der Waals surface area contributed by atoms with Crippen molar-refractivity contribution in [1.82, 2.24) is 0 Å². The number of carbonyl (C=O) groups is 1. The van der Waals surface area contributed by atoms with Gasteiger partial charge in [-0.2, -0.15) is 0 Å². The molecule has 0 aliphatic heterocycles. The molecule has 0 fully saturated rings. The van der Waals surface area contributed by atoms with Crippen LogP contribution in [0.2, 0.25) is 0 Å². The van der Waals surface area contributed by atoms with Crippen LogP contribution in [0, 0.1) is 0 Å². The van der Waals surface area contributed by atoms with Gasteiger partial charge in [-0.25, -0.2) is 0 Å². The highest BCUT2D eigenvalue weighted by Crippen LogP contribution is 2.27. The molecule has 0 spiro atoms. The minimum Gasteiger partial charge on any atom is -1.00 e. The molecule has 0 bridgehead atoms. The quantitative estimate of drug-likeness (QED) is 0.537. The summed E-state index contributed by atoms with van der Waals surface area (Å²) in [5.41, 5.74) is 4.17. The zero-order valence-electron chi connectivity index (χ0n) is 8.30. The van der Waals surface area contributed by atoms with Gasteiger partial charge in [0, 0.05) is 17.6 Å². The SMILES string of the molecule is CC(C)=C1Cc2ccccc2C1=O.[Cl-]. The molecule has 1 aromatic carbocycles. The summed E-state index contributed by atoms with van der Waals surface area (Å²) in [6.07, 6.45) is 0.817. The molecule has 1 aromatic rings. The topological polar surface area (TPSA) is 17.1 Å². The lowest BCUT2D eigenvalue weighted by Gasteiger charge is -1.95. The highest BCUT2D eigenvalue weighted by Gasteiger charge is 2.24. The second kappa shape index (κ2) is 3.97. The minimum atomic E-state index is 0. The summed E-state index contributed by atoms with van der Waals surface area (Å²) in [5, 5.41) is 0. The lowest BCUT2D eigenvalue weighted by Crippen LogP contribution is -3.00. The Kier molecular flexibility index (Phi) is 3.12. The van der Waals surface area contributed by atoms with Gasteiger partial charge in [0.05, 0.1) is 0 Å². The first-order chi connectivity index (χ1) is 6.20. The predicted octanol–water partition coefficient (Wildman–Crippen LogP) is -0.234. The fourth-order valence-electron chi connectivity index (χ4n) is 1.73. The summed E-state index contributed by atoms with van der Waals surface area (Å²) in [6.45, 7) is 4.00. The van der Waals surface area contributed by atoms with Crippen molar-refractivity contribution >= 4 is 5.78 Å². The standard InChI is InChI=1S/C12H12O.ClH/c1-8(2)11-7-9-5-3-4-6-10(9)12(11)13;/h3-6H,7H2,1-2H3;1H/p-1. The third-order valence-electron chi connectivity index (χ3n) is 2.51. The van der Waals surface area contributed by atoms with Crippen molar-refractivity contribution in [1.29, 1.82) is 0 Å². The minimum absolute atomic E-state index is 0. The third kappa shape index (κ3) is 1.60. The Hall–Kier alpha value is -1.08. The third-order valence-corrected chi connectivity index (χ3v) is 2.51. The molecule has 1 aliphatic rings. The number of hydrogen-bond donors (Lipinski definition) is 0. The van der Waals surface area contributed by atoms with E-state index in [4.69, 9.17) is 0 Å². The van der Waals surface area contributed by atoms with Crippen molar-refractivity contribution in [2.75, 3.05) is 0 Å². The number of Topliss-reactive ketones (excluding diaryl/α,β-unsaturated/α-hetero) is 1. The average molecular weight is 208 g/mol. The van der Waals surface area contributed by atoms with Crippen LogP contribution in [0.1, 0.15) is 29.8 Å². The molecule has 14 heavy (non-hydrogen) atoms. The zero-order valence-corrected chi connectivity index (χ0v) is 9.06. The number of allylic oxidation sites excluding steroid dienone is 2. The fourth-order valence-corrected chi connectivity index (χ4v) is 1.73. The fraction of sp³-hybridized carbons (Fsp3) is 0.250. The van der Waals surface area contributed by atoms with Gasteiger partial charge in [0.25, 0.3) is 0 Å². The van der Waals surface area contributed by atoms with E-state index in [0.29, 0.717) is 0 Å². The second-order valence-electron chi connectivity index (χ2n) is 3.64. The van der Waals surface area contributed by atoms with Gasteiger partial charge in [-0.3, -0.25) is 4.79 Å². The van der Waals surface area contributed by atoms with E-state index in [1.807, 2.05) is 38.1 Å². The first-order valence-electron chi connectivity index (χ1n) is 4.49. The molecule has 0 aromatic heterocycles. The van der Waals surface area contributed by atoms with Crippen LogP contribution >= 0.6 is 0 Å². The van der Waals surface area contributed by atoms with Crippen molar-refractivity contribution in [3.8, 4) is 0 Å². The normalized spacial score (nSPS) is 13.6. The van der Waals surface area contributed by atoms with E-state index in [-0.39, 0.29) is 18.2 Å². The van der Waals surface area contributed by atoms with Crippen LogP contribution in [-0.4, -0.2) is 5.78 Å². The van der Waals surface area contributed by atoms with E-state index in [0.717, 1.165) is 23.1 Å². The van der Waals surface area contributed by atoms with Crippen molar-refractivity contribution in [3.05, 3.63) is 46.5 Å². The smallest absolute Gasteiger partial charge is 0.189 e. The van der Waals surface area contributed by atoms with Crippen LogP contribution in [0.4, 0.5) is 0 Å². The largest absolute Gasteiger partial charge is 1.00 e.